The minimum absolute atomic E-state index is 0.229. The van der Waals surface area contributed by atoms with Gasteiger partial charge in [-0.25, -0.2) is 0 Å². The molecule has 0 aromatic heterocycles. The minimum atomic E-state index is -0.809. The molecule has 0 saturated carbocycles. The molecule has 108 valence electrons. The third-order valence-corrected chi connectivity index (χ3v) is 4.71. The zero-order valence-electron chi connectivity index (χ0n) is 10.8. The van der Waals surface area contributed by atoms with Crippen LogP contribution < -0.4 is 0 Å². The van der Waals surface area contributed by atoms with Crippen molar-refractivity contribution in [1.82, 2.24) is 0 Å². The van der Waals surface area contributed by atoms with Crippen LogP contribution in [0.15, 0.2) is 0 Å². The lowest BCUT2D eigenvalue weighted by Crippen LogP contribution is -2.52. The van der Waals surface area contributed by atoms with Crippen LogP contribution in [0.1, 0.15) is 20.8 Å². The van der Waals surface area contributed by atoms with E-state index in [9.17, 15) is 14.4 Å². The molecule has 0 aromatic carbocycles. The Bertz CT molecular complexity index is 374. The number of hydrogen-bond donors (Lipinski definition) is 0. The Balaban J connectivity index is 2.89. The highest BCUT2D eigenvalue weighted by atomic mass is 79.9. The van der Waals surface area contributed by atoms with Gasteiger partial charge in [0.05, 0.1) is 0 Å². The predicted molar refractivity (Wildman–Crippen MR) is 71.8 cm³/mol. The van der Waals surface area contributed by atoms with Gasteiger partial charge in [-0.2, -0.15) is 0 Å². The summed E-state index contributed by atoms with van der Waals surface area (Å²) in [6.45, 7) is 3.79. The molecule has 1 heterocycles. The van der Waals surface area contributed by atoms with Crippen LogP contribution in [-0.2, 0) is 28.6 Å². The number of carbonyl (C=O) groups is 3. The predicted octanol–water partition coefficient (Wildman–Crippen LogP) is 1.25. The van der Waals surface area contributed by atoms with E-state index in [-0.39, 0.29) is 4.16 Å². The normalized spacial score (nSPS) is 30.3. The summed E-state index contributed by atoms with van der Waals surface area (Å²) in [5, 5.41) is 0. The highest BCUT2D eigenvalue weighted by molar-refractivity contribution is 9.11. The Kier molecular flexibility index (Phi) is 6.12. The maximum Gasteiger partial charge on any atom is 0.303 e. The van der Waals surface area contributed by atoms with Crippen molar-refractivity contribution in [3.63, 3.8) is 0 Å². The molecule has 1 fully saturated rings. The molecule has 8 heteroatoms. The van der Waals surface area contributed by atoms with Crippen molar-refractivity contribution < 1.29 is 28.6 Å². The lowest BCUT2D eigenvalue weighted by molar-refractivity contribution is -0.180. The Morgan fingerprint density at radius 1 is 0.947 bits per heavy atom. The fourth-order valence-electron chi connectivity index (χ4n) is 1.70. The number of thioether (sulfide) groups is 1. The highest BCUT2D eigenvalue weighted by Gasteiger charge is 2.45. The van der Waals surface area contributed by atoms with Crippen LogP contribution in [0.3, 0.4) is 0 Å². The number of halogens is 1. The van der Waals surface area contributed by atoms with Gasteiger partial charge in [-0.15, -0.1) is 11.8 Å². The summed E-state index contributed by atoms with van der Waals surface area (Å²) >= 11 is 4.78. The quantitative estimate of drug-likeness (QED) is 0.428. The number of ether oxygens (including phenoxy) is 3. The molecule has 1 aliphatic rings. The number of esters is 3. The first-order valence-corrected chi connectivity index (χ1v) is 7.55. The van der Waals surface area contributed by atoms with Gasteiger partial charge in [0, 0.05) is 26.5 Å². The van der Waals surface area contributed by atoms with Crippen molar-refractivity contribution in [1.29, 1.82) is 0 Å². The average molecular weight is 355 g/mol. The van der Waals surface area contributed by atoms with Gasteiger partial charge >= 0.3 is 17.9 Å². The first-order chi connectivity index (χ1) is 8.81. The van der Waals surface area contributed by atoms with Crippen LogP contribution in [0, 0.1) is 0 Å². The van der Waals surface area contributed by atoms with Crippen LogP contribution in [0.2, 0.25) is 0 Å². The van der Waals surface area contributed by atoms with E-state index in [1.54, 1.807) is 0 Å². The molecule has 4 atom stereocenters. The topological polar surface area (TPSA) is 78.9 Å². The van der Waals surface area contributed by atoms with Crippen molar-refractivity contribution in [2.75, 3.05) is 5.75 Å². The van der Waals surface area contributed by atoms with Crippen molar-refractivity contribution in [3.8, 4) is 0 Å². The number of hydrogen-bond acceptors (Lipinski definition) is 7. The number of alkyl halides is 1. The van der Waals surface area contributed by atoms with Crippen LogP contribution in [0.25, 0.3) is 0 Å². The van der Waals surface area contributed by atoms with Gasteiger partial charge in [-0.05, 0) is 0 Å². The van der Waals surface area contributed by atoms with Gasteiger partial charge in [0.25, 0.3) is 0 Å². The Morgan fingerprint density at radius 2 is 1.42 bits per heavy atom. The van der Waals surface area contributed by atoms with Crippen molar-refractivity contribution in [2.45, 2.75) is 43.2 Å². The van der Waals surface area contributed by atoms with Crippen molar-refractivity contribution >= 4 is 45.6 Å². The third kappa shape index (κ3) is 5.02. The second-order valence-electron chi connectivity index (χ2n) is 3.98. The summed E-state index contributed by atoms with van der Waals surface area (Å²) in [5.74, 6) is -1.04. The summed E-state index contributed by atoms with van der Waals surface area (Å²) in [4.78, 5) is 33.3. The largest absolute Gasteiger partial charge is 0.458 e. The summed E-state index contributed by atoms with van der Waals surface area (Å²) in [6.07, 6.45) is -2.15. The molecule has 1 rings (SSSR count). The summed E-state index contributed by atoms with van der Waals surface area (Å²) in [6, 6.07) is 0. The molecule has 0 amide bonds. The molecular weight excluding hydrogens is 340 g/mol. The second kappa shape index (κ2) is 7.14. The molecule has 1 saturated heterocycles. The van der Waals surface area contributed by atoms with E-state index in [0.717, 1.165) is 0 Å². The van der Waals surface area contributed by atoms with Crippen LogP contribution >= 0.6 is 27.7 Å². The van der Waals surface area contributed by atoms with Gasteiger partial charge in [0.1, 0.15) is 4.16 Å². The SMILES string of the molecule is CC(=O)O[C@H]1[C@@H](OC(C)=O)CSC(Br)[C@@H]1OC(C)=O. The molecule has 0 spiro atoms. The van der Waals surface area contributed by atoms with E-state index in [0.29, 0.717) is 5.75 Å². The van der Waals surface area contributed by atoms with Gasteiger partial charge in [-0.3, -0.25) is 14.4 Å². The average Bonchev–Trinajstić information content (AvgIpc) is 2.25. The molecule has 1 aliphatic heterocycles. The Labute approximate surface area is 123 Å². The van der Waals surface area contributed by atoms with E-state index >= 15 is 0 Å². The minimum Gasteiger partial charge on any atom is -0.458 e. The maximum absolute atomic E-state index is 11.2. The Hall–Kier alpha value is -0.760. The summed E-state index contributed by atoms with van der Waals surface area (Å²) in [5.41, 5.74) is 0. The number of carbonyl (C=O) groups excluding carboxylic acids is 3. The third-order valence-electron chi connectivity index (χ3n) is 2.29. The zero-order valence-corrected chi connectivity index (χ0v) is 13.2. The Morgan fingerprint density at radius 3 is 1.89 bits per heavy atom. The van der Waals surface area contributed by atoms with Crippen LogP contribution in [-0.4, -0.2) is 46.1 Å². The van der Waals surface area contributed by atoms with E-state index < -0.39 is 36.2 Å². The molecule has 0 bridgehead atoms. The van der Waals surface area contributed by atoms with E-state index in [2.05, 4.69) is 15.9 Å². The highest BCUT2D eigenvalue weighted by Crippen LogP contribution is 2.35. The van der Waals surface area contributed by atoms with E-state index in [1.165, 1.54) is 32.5 Å². The molecule has 0 aromatic rings. The smallest absolute Gasteiger partial charge is 0.303 e. The lowest BCUT2D eigenvalue weighted by atomic mass is 10.1. The molecule has 0 aliphatic carbocycles. The first-order valence-electron chi connectivity index (χ1n) is 5.58. The molecule has 0 radical (unpaired) electrons. The van der Waals surface area contributed by atoms with E-state index in [4.69, 9.17) is 14.2 Å². The van der Waals surface area contributed by atoms with E-state index in [1.807, 2.05) is 0 Å². The van der Waals surface area contributed by atoms with Crippen LogP contribution in [0.4, 0.5) is 0 Å². The molecule has 19 heavy (non-hydrogen) atoms. The molecular formula is C11H15BrO6S. The lowest BCUT2D eigenvalue weighted by Gasteiger charge is -2.38. The van der Waals surface area contributed by atoms with Gasteiger partial charge in [0.2, 0.25) is 0 Å². The fraction of sp³-hybridized carbons (Fsp3) is 0.727. The van der Waals surface area contributed by atoms with Crippen molar-refractivity contribution in [3.05, 3.63) is 0 Å². The monoisotopic (exact) mass is 354 g/mol. The number of rotatable bonds is 3. The standard InChI is InChI=1S/C11H15BrO6S/c1-5(13)16-8-4-19-11(12)10(18-7(3)15)9(8)17-6(2)14/h8-11H,4H2,1-3H3/t8-,9-,10+,11?/m0/s1. The van der Waals surface area contributed by atoms with Gasteiger partial charge in [-0.1, -0.05) is 15.9 Å². The van der Waals surface area contributed by atoms with Gasteiger partial charge < -0.3 is 14.2 Å². The maximum atomic E-state index is 11.2. The van der Waals surface area contributed by atoms with Crippen LogP contribution in [0.5, 0.6) is 0 Å². The summed E-state index contributed by atoms with van der Waals surface area (Å²) in [7, 11) is 0. The second-order valence-corrected chi connectivity index (χ2v) is 6.75. The first kappa shape index (κ1) is 16.3. The van der Waals surface area contributed by atoms with Crippen molar-refractivity contribution in [2.24, 2.45) is 0 Å². The van der Waals surface area contributed by atoms with Gasteiger partial charge in [0.15, 0.2) is 18.3 Å². The fourth-order valence-corrected chi connectivity index (χ4v) is 3.60. The molecule has 1 unspecified atom stereocenters. The molecule has 0 N–H and O–H groups in total. The zero-order chi connectivity index (χ0) is 14.6. The molecule has 6 nitrogen and oxygen atoms in total. The summed E-state index contributed by atoms with van der Waals surface area (Å²) < 4.78 is 15.2.